The highest BCUT2D eigenvalue weighted by Gasteiger charge is 2.35. The minimum Gasteiger partial charge on any atom is -0.454 e. The molecule has 2 aromatic carbocycles. The molecule has 1 atom stereocenters. The van der Waals surface area contributed by atoms with E-state index in [1.165, 1.54) is 6.92 Å². The molecule has 0 radical (unpaired) electrons. The van der Waals surface area contributed by atoms with Crippen LogP contribution in [0.3, 0.4) is 0 Å². The average molecular weight is 451 g/mol. The highest BCUT2D eigenvalue weighted by molar-refractivity contribution is 7.99. The van der Waals surface area contributed by atoms with Gasteiger partial charge in [0.2, 0.25) is 30.0 Å². The molecule has 9 heteroatoms. The third-order valence-electron chi connectivity index (χ3n) is 5.26. The van der Waals surface area contributed by atoms with Gasteiger partial charge in [-0.15, -0.1) is 10.2 Å². The molecule has 0 unspecified atom stereocenters. The van der Waals surface area contributed by atoms with Gasteiger partial charge >= 0.3 is 0 Å². The second-order valence-corrected chi connectivity index (χ2v) is 8.50. The van der Waals surface area contributed by atoms with Crippen LogP contribution in [-0.2, 0) is 4.79 Å². The van der Waals surface area contributed by atoms with Crippen LogP contribution < -0.4 is 19.1 Å². The third kappa shape index (κ3) is 3.73. The van der Waals surface area contributed by atoms with Gasteiger partial charge in [0.25, 0.3) is 0 Å². The van der Waals surface area contributed by atoms with Crippen molar-refractivity contribution in [3.8, 4) is 28.6 Å². The first-order valence-corrected chi connectivity index (χ1v) is 11.5. The Kier molecular flexibility index (Phi) is 5.57. The van der Waals surface area contributed by atoms with Crippen LogP contribution >= 0.6 is 11.8 Å². The largest absolute Gasteiger partial charge is 0.454 e. The molecular weight excluding hydrogens is 428 g/mol. The van der Waals surface area contributed by atoms with Gasteiger partial charge in [-0.1, -0.05) is 43.3 Å². The molecular formula is C23H22N4O4S. The first-order chi connectivity index (χ1) is 15.7. The van der Waals surface area contributed by atoms with Gasteiger partial charge in [0.05, 0.1) is 5.69 Å². The summed E-state index contributed by atoms with van der Waals surface area (Å²) >= 11 is 1.54. The zero-order chi connectivity index (χ0) is 22.1. The zero-order valence-electron chi connectivity index (χ0n) is 17.8. The molecule has 3 heterocycles. The van der Waals surface area contributed by atoms with E-state index >= 15 is 0 Å². The molecule has 8 nitrogen and oxygen atoms in total. The quantitative estimate of drug-likeness (QED) is 0.412. The summed E-state index contributed by atoms with van der Waals surface area (Å²) in [5.41, 5.74) is 2.68. The fourth-order valence-electron chi connectivity index (χ4n) is 3.71. The molecule has 0 fully saturated rings. The maximum absolute atomic E-state index is 12.9. The fourth-order valence-corrected chi connectivity index (χ4v) is 4.57. The molecule has 0 spiro atoms. The van der Waals surface area contributed by atoms with Crippen LogP contribution in [0.2, 0.25) is 0 Å². The molecule has 1 aromatic heterocycles. The van der Waals surface area contributed by atoms with E-state index in [1.54, 1.807) is 16.7 Å². The molecule has 0 N–H and O–H groups in total. The lowest BCUT2D eigenvalue weighted by Crippen LogP contribution is -2.36. The van der Waals surface area contributed by atoms with Crippen LogP contribution in [0.1, 0.15) is 38.5 Å². The summed E-state index contributed by atoms with van der Waals surface area (Å²) < 4.78 is 17.4. The number of carbonyl (C=O) groups is 1. The number of fused-ring (bicyclic) bond motifs is 4. The Morgan fingerprint density at radius 2 is 2.00 bits per heavy atom. The number of anilines is 1. The lowest BCUT2D eigenvalue weighted by Gasteiger charge is -2.29. The second kappa shape index (κ2) is 8.66. The summed E-state index contributed by atoms with van der Waals surface area (Å²) in [5, 5.41) is 9.29. The van der Waals surface area contributed by atoms with Gasteiger partial charge in [-0.3, -0.25) is 9.69 Å². The van der Waals surface area contributed by atoms with E-state index in [9.17, 15) is 4.79 Å². The minimum atomic E-state index is -0.755. The monoisotopic (exact) mass is 450 g/mol. The van der Waals surface area contributed by atoms with E-state index in [0.29, 0.717) is 33.9 Å². The molecule has 2 aliphatic heterocycles. The maximum atomic E-state index is 12.9. The van der Waals surface area contributed by atoms with E-state index in [2.05, 4.69) is 22.1 Å². The molecule has 0 saturated carbocycles. The number of benzene rings is 2. The summed E-state index contributed by atoms with van der Waals surface area (Å²) in [6, 6.07) is 13.1. The van der Waals surface area contributed by atoms with Crippen molar-refractivity contribution in [3.63, 3.8) is 0 Å². The Morgan fingerprint density at radius 1 is 1.16 bits per heavy atom. The van der Waals surface area contributed by atoms with Gasteiger partial charge in [-0.25, -0.2) is 0 Å². The molecule has 5 rings (SSSR count). The third-order valence-corrected chi connectivity index (χ3v) is 6.19. The summed E-state index contributed by atoms with van der Waals surface area (Å²) in [6.07, 6.45) is 1.40. The van der Waals surface area contributed by atoms with Crippen molar-refractivity contribution in [2.24, 2.45) is 0 Å². The topological polar surface area (TPSA) is 86.7 Å². The smallest absolute Gasteiger partial charge is 0.247 e. The molecule has 0 saturated heterocycles. The van der Waals surface area contributed by atoms with Gasteiger partial charge in [0, 0.05) is 23.8 Å². The van der Waals surface area contributed by atoms with Crippen molar-refractivity contribution in [3.05, 3.63) is 48.0 Å². The van der Waals surface area contributed by atoms with E-state index in [4.69, 9.17) is 14.2 Å². The molecule has 0 bridgehead atoms. The normalized spacial score (nSPS) is 16.1. The number of rotatable bonds is 5. The first-order valence-electron chi connectivity index (χ1n) is 10.5. The summed E-state index contributed by atoms with van der Waals surface area (Å²) in [4.78, 5) is 19.1. The van der Waals surface area contributed by atoms with E-state index in [-0.39, 0.29) is 12.7 Å². The standard InChI is InChI=1S/C23H22N4O4S/c1-3-4-11-32-23-24-21-20(25-26-23)16-7-5-6-8-17(16)27(14(2)28)22(31-21)15-9-10-18-19(12-15)30-13-29-18/h5-10,12,22H,3-4,11,13H2,1-2H3/t22-/m1/s1. The number of para-hydroxylation sites is 1. The minimum absolute atomic E-state index is 0.168. The Hall–Kier alpha value is -3.33. The maximum Gasteiger partial charge on any atom is 0.247 e. The van der Waals surface area contributed by atoms with Crippen LogP contribution in [-0.4, -0.2) is 33.6 Å². The summed E-state index contributed by atoms with van der Waals surface area (Å²) in [7, 11) is 0. The van der Waals surface area contributed by atoms with Crippen molar-refractivity contribution in [2.75, 3.05) is 17.4 Å². The van der Waals surface area contributed by atoms with Crippen molar-refractivity contribution in [1.82, 2.24) is 15.2 Å². The Morgan fingerprint density at radius 3 is 2.84 bits per heavy atom. The predicted octanol–water partition coefficient (Wildman–Crippen LogP) is 4.60. The van der Waals surface area contributed by atoms with E-state index < -0.39 is 6.23 Å². The Bertz CT molecular complexity index is 1170. The summed E-state index contributed by atoms with van der Waals surface area (Å²) in [5.74, 6) is 2.36. The van der Waals surface area contributed by atoms with E-state index in [1.807, 2.05) is 42.5 Å². The number of unbranched alkanes of at least 4 members (excludes halogenated alkanes) is 1. The van der Waals surface area contributed by atoms with Gasteiger partial charge in [-0.05, 0) is 30.7 Å². The van der Waals surface area contributed by atoms with Crippen LogP contribution in [0.4, 0.5) is 5.69 Å². The second-order valence-electron chi connectivity index (χ2n) is 7.44. The zero-order valence-corrected chi connectivity index (χ0v) is 18.6. The van der Waals surface area contributed by atoms with Crippen LogP contribution in [0.5, 0.6) is 17.4 Å². The number of aromatic nitrogens is 3. The number of hydrogen-bond donors (Lipinski definition) is 0. The SMILES string of the molecule is CCCCSc1nnc2c(n1)O[C@H](c1ccc3c(c1)OCO3)N(C(C)=O)c1ccccc1-2. The summed E-state index contributed by atoms with van der Waals surface area (Å²) in [6.45, 7) is 3.83. The number of nitrogens with zero attached hydrogens (tertiary/aromatic N) is 4. The molecule has 0 aliphatic carbocycles. The van der Waals surface area contributed by atoms with Gasteiger partial charge in [0.1, 0.15) is 0 Å². The van der Waals surface area contributed by atoms with Crippen molar-refractivity contribution >= 4 is 23.4 Å². The number of hydrogen-bond acceptors (Lipinski definition) is 8. The van der Waals surface area contributed by atoms with Gasteiger partial charge in [-0.2, -0.15) is 4.98 Å². The number of ether oxygens (including phenoxy) is 3. The van der Waals surface area contributed by atoms with Crippen molar-refractivity contribution < 1.29 is 19.0 Å². The highest BCUT2D eigenvalue weighted by Crippen LogP contribution is 2.44. The van der Waals surface area contributed by atoms with Crippen LogP contribution in [0, 0.1) is 0 Å². The molecule has 164 valence electrons. The molecule has 2 aliphatic rings. The average Bonchev–Trinajstić information content (AvgIpc) is 3.21. The number of carbonyl (C=O) groups excluding carboxylic acids is 1. The van der Waals surface area contributed by atoms with Gasteiger partial charge < -0.3 is 14.2 Å². The molecule has 32 heavy (non-hydrogen) atoms. The molecule has 1 amide bonds. The first kappa shape index (κ1) is 20.6. The lowest BCUT2D eigenvalue weighted by atomic mass is 10.1. The number of thioether (sulfide) groups is 1. The van der Waals surface area contributed by atoms with Crippen LogP contribution in [0.15, 0.2) is 47.6 Å². The number of amides is 1. The lowest BCUT2D eigenvalue weighted by molar-refractivity contribution is -0.118. The highest BCUT2D eigenvalue weighted by atomic mass is 32.2. The molecule has 3 aromatic rings. The van der Waals surface area contributed by atoms with E-state index in [0.717, 1.165) is 29.7 Å². The Balaban J connectivity index is 1.63. The van der Waals surface area contributed by atoms with Crippen LogP contribution in [0.25, 0.3) is 11.3 Å². The van der Waals surface area contributed by atoms with Crippen molar-refractivity contribution in [2.45, 2.75) is 38.1 Å². The van der Waals surface area contributed by atoms with Crippen molar-refractivity contribution in [1.29, 1.82) is 0 Å². The Labute approximate surface area is 189 Å². The predicted molar refractivity (Wildman–Crippen MR) is 120 cm³/mol. The van der Waals surface area contributed by atoms with Gasteiger partial charge in [0.15, 0.2) is 17.2 Å². The fraction of sp³-hybridized carbons (Fsp3) is 0.304.